The summed E-state index contributed by atoms with van der Waals surface area (Å²) in [5.41, 5.74) is 3.40. The molecule has 0 heterocycles. The second kappa shape index (κ2) is 13.0. The molecule has 0 atom stereocenters. The van der Waals surface area contributed by atoms with E-state index in [1.54, 1.807) is 43.3 Å². The molecule has 0 bridgehead atoms. The summed E-state index contributed by atoms with van der Waals surface area (Å²) in [6, 6.07) is 14.7. The van der Waals surface area contributed by atoms with Crippen LogP contribution in [0.4, 0.5) is 8.78 Å². The van der Waals surface area contributed by atoms with E-state index in [0.29, 0.717) is 33.6 Å². The lowest BCUT2D eigenvalue weighted by atomic mass is 9.97. The zero-order valence-electron chi connectivity index (χ0n) is 20.8. The molecule has 0 fully saturated rings. The van der Waals surface area contributed by atoms with E-state index < -0.39 is 11.8 Å². The molecule has 36 heavy (non-hydrogen) atoms. The lowest BCUT2D eigenvalue weighted by molar-refractivity contribution is -0.139. The van der Waals surface area contributed by atoms with Crippen LogP contribution in [0.25, 0.3) is 22.3 Å². The fourth-order valence-corrected chi connectivity index (χ4v) is 3.84. The van der Waals surface area contributed by atoms with E-state index in [2.05, 4.69) is 13.5 Å². The number of ether oxygens (including phenoxy) is 2. The quantitative estimate of drug-likeness (QED) is 0.167. The fourth-order valence-electron chi connectivity index (χ4n) is 3.84. The molecule has 0 saturated heterocycles. The van der Waals surface area contributed by atoms with E-state index in [4.69, 9.17) is 9.47 Å². The summed E-state index contributed by atoms with van der Waals surface area (Å²) in [7, 11) is 0. The number of halogens is 2. The smallest absolute Gasteiger partial charge is 0.333 e. The maximum absolute atomic E-state index is 15.1. The Kier molecular flexibility index (Phi) is 9.77. The number of unbranched alkanes of at least 4 members (excludes halogenated alkanes) is 2. The maximum Gasteiger partial charge on any atom is 0.333 e. The van der Waals surface area contributed by atoms with Crippen LogP contribution in [0.2, 0.25) is 0 Å². The van der Waals surface area contributed by atoms with Gasteiger partial charge in [0.15, 0.2) is 0 Å². The predicted molar refractivity (Wildman–Crippen MR) is 138 cm³/mol. The van der Waals surface area contributed by atoms with Crippen molar-refractivity contribution in [2.24, 2.45) is 0 Å². The summed E-state index contributed by atoms with van der Waals surface area (Å²) in [4.78, 5) is 11.5. The molecule has 3 aromatic rings. The van der Waals surface area contributed by atoms with Crippen LogP contribution in [0.5, 0.6) is 5.75 Å². The molecule has 3 aromatic carbocycles. The standard InChI is InChI=1S/C30H32F2O4/c1-4-5-6-7-21-8-12-25(27(31)16-21)22-11-13-26(28(32)17-22)23-9-10-24(19-33)29(18-23)35-14-15-36-30(34)20(2)3/h8-13,16-18,33H,2,4-7,14-15,19H2,1,3H3. The summed E-state index contributed by atoms with van der Waals surface area (Å²) in [6.45, 7) is 6.99. The van der Waals surface area contributed by atoms with Gasteiger partial charge in [0.25, 0.3) is 0 Å². The van der Waals surface area contributed by atoms with Gasteiger partial charge in [-0.25, -0.2) is 13.6 Å². The highest BCUT2D eigenvalue weighted by molar-refractivity contribution is 5.86. The molecule has 3 rings (SSSR count). The van der Waals surface area contributed by atoms with Gasteiger partial charge in [-0.3, -0.25) is 0 Å². The highest BCUT2D eigenvalue weighted by Gasteiger charge is 2.13. The van der Waals surface area contributed by atoms with Gasteiger partial charge in [-0.15, -0.1) is 0 Å². The van der Waals surface area contributed by atoms with Crippen molar-refractivity contribution in [3.8, 4) is 28.0 Å². The number of aliphatic hydroxyl groups is 1. The fraction of sp³-hybridized carbons (Fsp3) is 0.300. The van der Waals surface area contributed by atoms with Crippen LogP contribution in [0.1, 0.15) is 44.2 Å². The van der Waals surface area contributed by atoms with Crippen LogP contribution in [-0.4, -0.2) is 24.3 Å². The minimum absolute atomic E-state index is 0.00675. The Balaban J connectivity index is 1.77. The summed E-state index contributed by atoms with van der Waals surface area (Å²) < 4.78 is 40.6. The average Bonchev–Trinajstić information content (AvgIpc) is 2.86. The Morgan fingerprint density at radius 3 is 2.22 bits per heavy atom. The topological polar surface area (TPSA) is 55.8 Å². The van der Waals surface area contributed by atoms with Crippen molar-refractivity contribution in [1.82, 2.24) is 0 Å². The Labute approximate surface area is 211 Å². The zero-order chi connectivity index (χ0) is 26.1. The number of esters is 1. The van der Waals surface area contributed by atoms with Gasteiger partial charge in [-0.05, 0) is 54.7 Å². The van der Waals surface area contributed by atoms with Gasteiger partial charge in [-0.2, -0.15) is 0 Å². The summed E-state index contributed by atoms with van der Waals surface area (Å²) >= 11 is 0. The third-order valence-corrected chi connectivity index (χ3v) is 5.85. The van der Waals surface area contributed by atoms with Crippen LogP contribution < -0.4 is 4.74 Å². The Hall–Kier alpha value is -3.51. The van der Waals surface area contributed by atoms with Crippen molar-refractivity contribution in [1.29, 1.82) is 0 Å². The second-order valence-corrected chi connectivity index (χ2v) is 8.71. The molecule has 0 saturated carbocycles. The van der Waals surface area contributed by atoms with Crippen LogP contribution in [0.15, 0.2) is 66.7 Å². The molecule has 0 amide bonds. The highest BCUT2D eigenvalue weighted by atomic mass is 19.1. The van der Waals surface area contributed by atoms with Crippen LogP contribution >= 0.6 is 0 Å². The SMILES string of the molecule is C=C(C)C(=O)OCCOc1cc(-c2ccc(-c3ccc(CCCCC)cc3F)cc2F)ccc1CO. The first kappa shape index (κ1) is 27.1. The van der Waals surface area contributed by atoms with E-state index in [1.807, 2.05) is 6.07 Å². The first-order chi connectivity index (χ1) is 17.3. The number of carbonyl (C=O) groups is 1. The molecule has 0 radical (unpaired) electrons. The van der Waals surface area contributed by atoms with Crippen molar-refractivity contribution in [2.75, 3.05) is 13.2 Å². The first-order valence-electron chi connectivity index (χ1n) is 12.1. The normalized spacial score (nSPS) is 10.8. The molecule has 6 heteroatoms. The summed E-state index contributed by atoms with van der Waals surface area (Å²) in [5, 5.41) is 9.63. The number of benzene rings is 3. The van der Waals surface area contributed by atoms with E-state index in [0.717, 1.165) is 31.2 Å². The summed E-state index contributed by atoms with van der Waals surface area (Å²) in [6.07, 6.45) is 4.04. The highest BCUT2D eigenvalue weighted by Crippen LogP contribution is 2.33. The van der Waals surface area contributed by atoms with Gasteiger partial charge in [0.2, 0.25) is 0 Å². The van der Waals surface area contributed by atoms with Crippen LogP contribution in [0.3, 0.4) is 0 Å². The van der Waals surface area contributed by atoms with Crippen molar-refractivity contribution >= 4 is 5.97 Å². The third kappa shape index (κ3) is 7.01. The minimum atomic E-state index is -0.514. The molecule has 1 N–H and O–H groups in total. The lowest BCUT2D eigenvalue weighted by Gasteiger charge is -2.14. The molecule has 0 aliphatic heterocycles. The number of carbonyl (C=O) groups excluding carboxylic acids is 1. The minimum Gasteiger partial charge on any atom is -0.490 e. The largest absolute Gasteiger partial charge is 0.490 e. The van der Waals surface area contributed by atoms with Crippen molar-refractivity contribution in [3.63, 3.8) is 0 Å². The van der Waals surface area contributed by atoms with Crippen molar-refractivity contribution in [2.45, 2.75) is 46.1 Å². The van der Waals surface area contributed by atoms with Gasteiger partial charge in [-0.1, -0.05) is 62.7 Å². The molecule has 0 aliphatic carbocycles. The van der Waals surface area contributed by atoms with Gasteiger partial charge in [0.1, 0.15) is 30.6 Å². The van der Waals surface area contributed by atoms with Crippen molar-refractivity contribution < 1.29 is 28.2 Å². The monoisotopic (exact) mass is 494 g/mol. The van der Waals surface area contributed by atoms with Gasteiger partial charge >= 0.3 is 5.97 Å². The van der Waals surface area contributed by atoms with Crippen LogP contribution in [-0.2, 0) is 22.6 Å². The van der Waals surface area contributed by atoms with E-state index in [1.165, 1.54) is 12.1 Å². The van der Waals surface area contributed by atoms with Crippen molar-refractivity contribution in [3.05, 3.63) is 89.5 Å². The molecule has 0 unspecified atom stereocenters. The molecule has 0 aliphatic rings. The first-order valence-corrected chi connectivity index (χ1v) is 12.1. The molecular formula is C30H32F2O4. The Morgan fingerprint density at radius 2 is 1.58 bits per heavy atom. The second-order valence-electron chi connectivity index (χ2n) is 8.71. The number of hydrogen-bond donors (Lipinski definition) is 1. The zero-order valence-corrected chi connectivity index (χ0v) is 20.8. The van der Waals surface area contributed by atoms with E-state index in [9.17, 15) is 14.3 Å². The van der Waals surface area contributed by atoms with Gasteiger partial charge in [0, 0.05) is 22.3 Å². The van der Waals surface area contributed by atoms with E-state index in [-0.39, 0.29) is 31.2 Å². The Morgan fingerprint density at radius 1 is 0.917 bits per heavy atom. The van der Waals surface area contributed by atoms with Gasteiger partial charge < -0.3 is 14.6 Å². The molecule has 0 aromatic heterocycles. The third-order valence-electron chi connectivity index (χ3n) is 5.85. The molecule has 190 valence electrons. The number of rotatable bonds is 12. The summed E-state index contributed by atoms with van der Waals surface area (Å²) in [5.74, 6) is -1.03. The van der Waals surface area contributed by atoms with E-state index >= 15 is 4.39 Å². The number of hydrogen-bond acceptors (Lipinski definition) is 4. The van der Waals surface area contributed by atoms with Gasteiger partial charge in [0.05, 0.1) is 6.61 Å². The predicted octanol–water partition coefficient (Wildman–Crippen LogP) is 7.02. The molecule has 4 nitrogen and oxygen atoms in total. The number of aliphatic hydroxyl groups excluding tert-OH is 1. The average molecular weight is 495 g/mol. The molecular weight excluding hydrogens is 462 g/mol. The Bertz CT molecular complexity index is 1220. The number of aryl methyl sites for hydroxylation is 1. The molecule has 0 spiro atoms. The lowest BCUT2D eigenvalue weighted by Crippen LogP contribution is -2.13. The maximum atomic E-state index is 15.1. The van der Waals surface area contributed by atoms with Crippen LogP contribution in [0, 0.1) is 11.6 Å².